The second-order valence-electron chi connectivity index (χ2n) is 8.01. The van der Waals surface area contributed by atoms with Gasteiger partial charge in [-0.15, -0.1) is 13.2 Å². The van der Waals surface area contributed by atoms with E-state index in [0.717, 1.165) is 63.0 Å². The van der Waals surface area contributed by atoms with E-state index in [2.05, 4.69) is 15.0 Å². The number of benzene rings is 1. The Labute approximate surface area is 162 Å². The summed E-state index contributed by atoms with van der Waals surface area (Å²) >= 11 is 0. The van der Waals surface area contributed by atoms with Gasteiger partial charge in [-0.1, -0.05) is 0 Å². The Morgan fingerprint density at radius 1 is 1.25 bits per heavy atom. The first-order valence-corrected chi connectivity index (χ1v) is 9.74. The van der Waals surface area contributed by atoms with Gasteiger partial charge in [-0.3, -0.25) is 4.79 Å². The number of piperidine rings is 1. The van der Waals surface area contributed by atoms with Gasteiger partial charge in [0.1, 0.15) is 5.75 Å². The van der Waals surface area contributed by atoms with Gasteiger partial charge in [-0.05, 0) is 62.0 Å². The Morgan fingerprint density at radius 2 is 1.89 bits per heavy atom. The molecule has 2 fully saturated rings. The number of carbonyl (C=O) groups is 1. The van der Waals surface area contributed by atoms with Gasteiger partial charge in [0.2, 0.25) is 0 Å². The van der Waals surface area contributed by atoms with E-state index < -0.39 is 12.3 Å². The fraction of sp³-hybridized carbons (Fsp3) is 0.650. The van der Waals surface area contributed by atoms with Crippen LogP contribution in [0.3, 0.4) is 0 Å². The highest BCUT2D eigenvalue weighted by molar-refractivity contribution is 5.72. The number of aliphatic carboxylic acids is 1. The lowest BCUT2D eigenvalue weighted by atomic mass is 9.65. The molecule has 28 heavy (non-hydrogen) atoms. The first-order chi connectivity index (χ1) is 13.2. The molecule has 0 atom stereocenters. The van der Waals surface area contributed by atoms with E-state index in [4.69, 9.17) is 5.11 Å². The largest absolute Gasteiger partial charge is 0.573 e. The third kappa shape index (κ3) is 5.02. The number of hydrogen-bond acceptors (Lipinski definition) is 4. The summed E-state index contributed by atoms with van der Waals surface area (Å²) in [6.45, 7) is 1.54. The van der Waals surface area contributed by atoms with Gasteiger partial charge in [-0.25, -0.2) is 0 Å². The second kappa shape index (κ2) is 8.09. The molecule has 1 aromatic rings. The van der Waals surface area contributed by atoms with E-state index in [9.17, 15) is 18.0 Å². The van der Waals surface area contributed by atoms with E-state index in [1.165, 1.54) is 12.1 Å². The minimum absolute atomic E-state index is 0.212. The fourth-order valence-electron chi connectivity index (χ4n) is 4.64. The Hall–Kier alpha value is -2.12. The summed E-state index contributed by atoms with van der Waals surface area (Å²) in [6.07, 6.45) is 1.45. The highest BCUT2D eigenvalue weighted by atomic mass is 19.4. The van der Waals surface area contributed by atoms with Crippen LogP contribution in [0.4, 0.5) is 24.5 Å². The molecule has 0 aromatic heterocycles. The fourth-order valence-corrected chi connectivity index (χ4v) is 4.64. The maximum absolute atomic E-state index is 12.6. The molecule has 0 unspecified atom stereocenters. The van der Waals surface area contributed by atoms with Crippen LogP contribution >= 0.6 is 0 Å². The maximum Gasteiger partial charge on any atom is 0.573 e. The minimum atomic E-state index is -4.71. The van der Waals surface area contributed by atoms with Crippen molar-refractivity contribution in [1.29, 1.82) is 0 Å². The number of ether oxygens (including phenoxy) is 1. The number of alkyl halides is 3. The van der Waals surface area contributed by atoms with Crippen LogP contribution in [0.5, 0.6) is 5.75 Å². The first kappa shape index (κ1) is 20.6. The van der Waals surface area contributed by atoms with Crippen molar-refractivity contribution in [3.8, 4) is 5.75 Å². The van der Waals surface area contributed by atoms with E-state index >= 15 is 0 Å². The average molecular weight is 400 g/mol. The van der Waals surface area contributed by atoms with Crippen molar-refractivity contribution in [1.82, 2.24) is 0 Å². The molecule has 3 rings (SSSR count). The quantitative estimate of drug-likeness (QED) is 0.738. The molecule has 1 aromatic carbocycles. The van der Waals surface area contributed by atoms with Crippen LogP contribution in [0.1, 0.15) is 44.9 Å². The lowest BCUT2D eigenvalue weighted by molar-refractivity contribution is -0.274. The van der Waals surface area contributed by atoms with Gasteiger partial charge < -0.3 is 20.1 Å². The molecule has 1 saturated heterocycles. The van der Waals surface area contributed by atoms with Gasteiger partial charge >= 0.3 is 12.3 Å². The maximum atomic E-state index is 12.6. The minimum Gasteiger partial charge on any atom is -0.481 e. The molecule has 0 bridgehead atoms. The Kier molecular flexibility index (Phi) is 5.95. The molecule has 0 amide bonds. The monoisotopic (exact) mass is 400 g/mol. The molecule has 0 radical (unpaired) electrons. The van der Waals surface area contributed by atoms with Crippen LogP contribution in [0, 0.1) is 11.3 Å². The van der Waals surface area contributed by atoms with Crippen molar-refractivity contribution in [2.24, 2.45) is 11.3 Å². The molecule has 156 valence electrons. The molecule has 1 saturated carbocycles. The van der Waals surface area contributed by atoms with Crippen molar-refractivity contribution in [3.05, 3.63) is 18.2 Å². The number of nitrogens with zero attached hydrogens (tertiary/aromatic N) is 1. The SMILES string of the molecule is CNc1ccc(OC(F)(F)F)cc1N1CCC2(CCC(CC(=O)O)CC2)CC1. The molecule has 2 N–H and O–H groups in total. The summed E-state index contributed by atoms with van der Waals surface area (Å²) in [4.78, 5) is 13.0. The number of carboxylic acid groups (broad SMARTS) is 1. The first-order valence-electron chi connectivity index (χ1n) is 9.74. The summed E-state index contributed by atoms with van der Waals surface area (Å²) in [5, 5.41) is 12.0. The molecule has 1 heterocycles. The van der Waals surface area contributed by atoms with E-state index in [-0.39, 0.29) is 23.5 Å². The summed E-state index contributed by atoms with van der Waals surface area (Å²) in [6, 6.07) is 4.37. The Morgan fingerprint density at radius 3 is 2.43 bits per heavy atom. The summed E-state index contributed by atoms with van der Waals surface area (Å²) in [5.74, 6) is -0.666. The summed E-state index contributed by atoms with van der Waals surface area (Å²) in [7, 11) is 1.75. The van der Waals surface area contributed by atoms with Crippen LogP contribution in [0.15, 0.2) is 18.2 Å². The number of rotatable bonds is 5. The third-order valence-corrected chi connectivity index (χ3v) is 6.27. The highest BCUT2D eigenvalue weighted by Crippen LogP contribution is 2.48. The lowest BCUT2D eigenvalue weighted by Crippen LogP contribution is -2.42. The van der Waals surface area contributed by atoms with Crippen molar-refractivity contribution in [2.75, 3.05) is 30.4 Å². The number of carboxylic acids is 1. The van der Waals surface area contributed by atoms with Crippen LogP contribution in [0.25, 0.3) is 0 Å². The van der Waals surface area contributed by atoms with Crippen molar-refractivity contribution in [3.63, 3.8) is 0 Å². The van der Waals surface area contributed by atoms with Gasteiger partial charge in [0, 0.05) is 32.6 Å². The molecular weight excluding hydrogens is 373 g/mol. The summed E-state index contributed by atoms with van der Waals surface area (Å²) in [5.41, 5.74) is 1.74. The van der Waals surface area contributed by atoms with Crippen LogP contribution in [0.2, 0.25) is 0 Å². The van der Waals surface area contributed by atoms with Crippen LogP contribution in [-0.2, 0) is 4.79 Å². The van der Waals surface area contributed by atoms with Crippen molar-refractivity contribution >= 4 is 17.3 Å². The molecular formula is C20H27F3N2O3. The van der Waals surface area contributed by atoms with E-state index in [1.807, 2.05) is 0 Å². The molecule has 2 aliphatic rings. The predicted molar refractivity (Wildman–Crippen MR) is 101 cm³/mol. The predicted octanol–water partition coefficient (Wildman–Crippen LogP) is 4.88. The van der Waals surface area contributed by atoms with Crippen LogP contribution < -0.4 is 15.0 Å². The highest BCUT2D eigenvalue weighted by Gasteiger charge is 2.39. The number of nitrogens with one attached hydrogen (secondary N) is 1. The molecule has 1 aliphatic carbocycles. The normalized spacial score (nSPS) is 20.2. The lowest BCUT2D eigenvalue weighted by Gasteiger charge is -2.46. The zero-order valence-electron chi connectivity index (χ0n) is 16.0. The van der Waals surface area contributed by atoms with Crippen molar-refractivity contribution in [2.45, 2.75) is 51.3 Å². The van der Waals surface area contributed by atoms with Gasteiger partial charge in [0.15, 0.2) is 0 Å². The number of hydrogen-bond donors (Lipinski definition) is 2. The average Bonchev–Trinajstić information content (AvgIpc) is 2.63. The van der Waals surface area contributed by atoms with Gasteiger partial charge in [0.25, 0.3) is 0 Å². The molecule has 8 heteroatoms. The van der Waals surface area contributed by atoms with Crippen LogP contribution in [-0.4, -0.2) is 37.6 Å². The Balaban J connectivity index is 1.64. The van der Waals surface area contributed by atoms with Gasteiger partial charge in [-0.2, -0.15) is 0 Å². The Bertz CT molecular complexity index is 690. The second-order valence-corrected chi connectivity index (χ2v) is 8.01. The van der Waals surface area contributed by atoms with Gasteiger partial charge in [0.05, 0.1) is 11.4 Å². The van der Waals surface area contributed by atoms with Crippen molar-refractivity contribution < 1.29 is 27.8 Å². The van der Waals surface area contributed by atoms with E-state index in [1.54, 1.807) is 13.1 Å². The smallest absolute Gasteiger partial charge is 0.481 e. The summed E-state index contributed by atoms with van der Waals surface area (Å²) < 4.78 is 41.8. The molecule has 5 nitrogen and oxygen atoms in total. The molecule has 1 aliphatic heterocycles. The zero-order valence-corrected chi connectivity index (χ0v) is 16.0. The number of halogens is 3. The number of anilines is 2. The topological polar surface area (TPSA) is 61.8 Å². The standard InChI is InChI=1S/C20H27F3N2O3/c1-24-16-3-2-15(28-20(21,22)23)13-17(16)25-10-8-19(9-11-25)6-4-14(5-7-19)12-18(26)27/h2-3,13-14,24H,4-12H2,1H3,(H,26,27). The van der Waals surface area contributed by atoms with E-state index in [0.29, 0.717) is 0 Å². The molecule has 1 spiro atoms. The third-order valence-electron chi connectivity index (χ3n) is 6.27. The zero-order chi connectivity index (χ0) is 20.4.